The number of carbonyl (C=O) groups excluding carboxylic acids is 1. The van der Waals surface area contributed by atoms with Crippen LogP contribution in [-0.4, -0.2) is 49.0 Å². The molecule has 1 amide bonds. The van der Waals surface area contributed by atoms with E-state index in [0.29, 0.717) is 5.56 Å². The highest BCUT2D eigenvalue weighted by Gasteiger charge is 2.45. The average Bonchev–Trinajstić information content (AvgIpc) is 3.44. The van der Waals surface area contributed by atoms with Gasteiger partial charge in [0.05, 0.1) is 5.54 Å². The van der Waals surface area contributed by atoms with E-state index in [9.17, 15) is 4.79 Å². The summed E-state index contributed by atoms with van der Waals surface area (Å²) in [4.78, 5) is 21.8. The second kappa shape index (κ2) is 6.48. The summed E-state index contributed by atoms with van der Waals surface area (Å²) in [6, 6.07) is 14.0. The van der Waals surface area contributed by atoms with Crippen LogP contribution in [0, 0.1) is 0 Å². The summed E-state index contributed by atoms with van der Waals surface area (Å²) < 4.78 is 0. The molecule has 1 aliphatic heterocycles. The van der Waals surface area contributed by atoms with Gasteiger partial charge in [0, 0.05) is 37.9 Å². The molecule has 1 aromatic heterocycles. The van der Waals surface area contributed by atoms with Crippen LogP contribution in [0.25, 0.3) is 0 Å². The number of hydrogen-bond donors (Lipinski definition) is 1. The van der Waals surface area contributed by atoms with E-state index in [1.54, 1.807) is 12.3 Å². The molecule has 0 spiro atoms. The minimum atomic E-state index is -0.185. The number of likely N-dealkylation sites (N-methyl/N-ethyl adjacent to an activating group) is 1. The lowest BCUT2D eigenvalue weighted by molar-refractivity contribution is 0.0930. The first-order chi connectivity index (χ1) is 12.2. The molecule has 0 bridgehead atoms. The molecule has 2 aromatic rings. The van der Waals surface area contributed by atoms with Crippen molar-refractivity contribution in [3.8, 4) is 0 Å². The molecule has 1 aliphatic carbocycles. The van der Waals surface area contributed by atoms with Gasteiger partial charge in [0.2, 0.25) is 0 Å². The number of benzene rings is 1. The van der Waals surface area contributed by atoms with Crippen LogP contribution in [0.15, 0.2) is 48.7 Å². The van der Waals surface area contributed by atoms with E-state index in [2.05, 4.69) is 39.3 Å². The Balaban J connectivity index is 1.49. The average molecular weight is 336 g/mol. The number of nitrogens with one attached hydrogen (secondary N) is 1. The van der Waals surface area contributed by atoms with Gasteiger partial charge in [-0.05, 0) is 37.6 Å². The Bertz CT molecular complexity index is 749. The smallest absolute Gasteiger partial charge is 0.252 e. The monoisotopic (exact) mass is 336 g/mol. The largest absolute Gasteiger partial charge is 0.354 e. The van der Waals surface area contributed by atoms with Crippen molar-refractivity contribution in [1.29, 1.82) is 0 Å². The molecule has 1 saturated carbocycles. The van der Waals surface area contributed by atoms with Gasteiger partial charge in [-0.2, -0.15) is 0 Å². The number of hydrogen-bond acceptors (Lipinski definition) is 4. The lowest BCUT2D eigenvalue weighted by Gasteiger charge is -2.33. The highest BCUT2D eigenvalue weighted by Crippen LogP contribution is 2.45. The third kappa shape index (κ3) is 3.37. The molecule has 1 saturated heterocycles. The highest BCUT2D eigenvalue weighted by atomic mass is 16.1. The lowest BCUT2D eigenvalue weighted by atomic mass is 10.0. The summed E-state index contributed by atoms with van der Waals surface area (Å²) >= 11 is 0. The zero-order chi connectivity index (χ0) is 17.3. The molecule has 2 aliphatic rings. The molecule has 0 atom stereocenters. The van der Waals surface area contributed by atoms with Crippen molar-refractivity contribution in [2.75, 3.05) is 38.1 Å². The molecule has 1 N–H and O–H groups in total. The molecule has 0 unspecified atom stereocenters. The molecule has 2 heterocycles. The van der Waals surface area contributed by atoms with Crippen LogP contribution < -0.4 is 10.2 Å². The summed E-state index contributed by atoms with van der Waals surface area (Å²) in [5, 5.41) is 3.24. The SMILES string of the molecule is CN1CCN(c2cc(C(=O)NC3(c4ccccc4)CC3)ccn2)CC1. The molecule has 1 aromatic carbocycles. The first-order valence-corrected chi connectivity index (χ1v) is 8.94. The first kappa shape index (κ1) is 16.1. The van der Waals surface area contributed by atoms with E-state index in [1.807, 2.05) is 24.3 Å². The molecular weight excluding hydrogens is 312 g/mol. The van der Waals surface area contributed by atoms with E-state index in [-0.39, 0.29) is 11.4 Å². The van der Waals surface area contributed by atoms with Crippen LogP contribution in [0.5, 0.6) is 0 Å². The van der Waals surface area contributed by atoms with Gasteiger partial charge >= 0.3 is 0 Å². The van der Waals surface area contributed by atoms with Crippen LogP contribution in [0.4, 0.5) is 5.82 Å². The number of nitrogens with zero attached hydrogens (tertiary/aromatic N) is 3. The minimum Gasteiger partial charge on any atom is -0.354 e. The zero-order valence-corrected chi connectivity index (χ0v) is 14.6. The number of piperazine rings is 1. The van der Waals surface area contributed by atoms with Crippen molar-refractivity contribution < 1.29 is 4.79 Å². The van der Waals surface area contributed by atoms with E-state index in [1.165, 1.54) is 5.56 Å². The summed E-state index contributed by atoms with van der Waals surface area (Å²) in [5.41, 5.74) is 1.69. The number of amides is 1. The summed E-state index contributed by atoms with van der Waals surface area (Å²) in [6.45, 7) is 3.94. The van der Waals surface area contributed by atoms with Crippen molar-refractivity contribution >= 4 is 11.7 Å². The maximum atomic E-state index is 12.8. The van der Waals surface area contributed by atoms with E-state index >= 15 is 0 Å². The number of rotatable bonds is 4. The molecule has 2 fully saturated rings. The van der Waals surface area contributed by atoms with Crippen molar-refractivity contribution in [3.05, 3.63) is 59.8 Å². The van der Waals surface area contributed by atoms with Gasteiger partial charge in [0.25, 0.3) is 5.91 Å². The van der Waals surface area contributed by atoms with Crippen molar-refractivity contribution in [1.82, 2.24) is 15.2 Å². The normalized spacial score (nSPS) is 19.5. The molecule has 0 radical (unpaired) electrons. The Morgan fingerprint density at radius 2 is 1.80 bits per heavy atom. The van der Waals surface area contributed by atoms with Crippen LogP contribution >= 0.6 is 0 Å². The van der Waals surface area contributed by atoms with Crippen LogP contribution in [0.1, 0.15) is 28.8 Å². The fourth-order valence-electron chi connectivity index (χ4n) is 3.43. The number of anilines is 1. The fourth-order valence-corrected chi connectivity index (χ4v) is 3.43. The van der Waals surface area contributed by atoms with Crippen molar-refractivity contribution in [2.45, 2.75) is 18.4 Å². The summed E-state index contributed by atoms with van der Waals surface area (Å²) in [7, 11) is 2.13. The second-order valence-corrected chi connectivity index (χ2v) is 7.10. The second-order valence-electron chi connectivity index (χ2n) is 7.10. The van der Waals surface area contributed by atoms with Gasteiger partial charge in [-0.3, -0.25) is 4.79 Å². The van der Waals surface area contributed by atoms with Crippen LogP contribution in [-0.2, 0) is 5.54 Å². The third-order valence-electron chi connectivity index (χ3n) is 5.26. The van der Waals surface area contributed by atoms with E-state index < -0.39 is 0 Å². The number of aromatic nitrogens is 1. The highest BCUT2D eigenvalue weighted by molar-refractivity contribution is 5.95. The van der Waals surface area contributed by atoms with Gasteiger partial charge < -0.3 is 15.1 Å². The summed E-state index contributed by atoms with van der Waals surface area (Å²) in [6.07, 6.45) is 3.74. The van der Waals surface area contributed by atoms with Gasteiger partial charge in [-0.15, -0.1) is 0 Å². The Labute approximate surface area is 148 Å². The molecule has 25 heavy (non-hydrogen) atoms. The van der Waals surface area contributed by atoms with Gasteiger partial charge in [-0.1, -0.05) is 30.3 Å². The molecular formula is C20H24N4O. The van der Waals surface area contributed by atoms with Crippen LogP contribution in [0.2, 0.25) is 0 Å². The zero-order valence-electron chi connectivity index (χ0n) is 14.6. The van der Waals surface area contributed by atoms with Gasteiger partial charge in [-0.25, -0.2) is 4.98 Å². The minimum absolute atomic E-state index is 0.0147. The van der Waals surface area contributed by atoms with Gasteiger partial charge in [0.1, 0.15) is 5.82 Å². The Morgan fingerprint density at radius 1 is 1.08 bits per heavy atom. The maximum Gasteiger partial charge on any atom is 0.252 e. The van der Waals surface area contributed by atoms with E-state index in [0.717, 1.165) is 44.8 Å². The van der Waals surface area contributed by atoms with Crippen molar-refractivity contribution in [3.63, 3.8) is 0 Å². The van der Waals surface area contributed by atoms with Crippen molar-refractivity contribution in [2.24, 2.45) is 0 Å². The molecule has 5 nitrogen and oxygen atoms in total. The predicted octanol–water partition coefficient (Wildman–Crippen LogP) is 2.25. The third-order valence-corrected chi connectivity index (χ3v) is 5.26. The maximum absolute atomic E-state index is 12.8. The Kier molecular flexibility index (Phi) is 4.17. The lowest BCUT2D eigenvalue weighted by Crippen LogP contribution is -2.45. The number of carbonyl (C=O) groups is 1. The molecule has 130 valence electrons. The first-order valence-electron chi connectivity index (χ1n) is 8.94. The fraction of sp³-hybridized carbons (Fsp3) is 0.400. The Hall–Kier alpha value is -2.40. The topological polar surface area (TPSA) is 48.5 Å². The standard InChI is InChI=1S/C20H24N4O/c1-23-11-13-24(14-12-23)18-15-16(7-10-21-18)19(25)22-20(8-9-20)17-5-3-2-4-6-17/h2-7,10,15H,8-9,11-14H2,1H3,(H,22,25). The summed E-state index contributed by atoms with van der Waals surface area (Å²) in [5.74, 6) is 0.879. The quantitative estimate of drug-likeness (QED) is 0.930. The molecule has 5 heteroatoms. The molecule has 4 rings (SSSR count). The predicted molar refractivity (Wildman–Crippen MR) is 98.8 cm³/mol. The number of pyridine rings is 1. The Morgan fingerprint density at radius 3 is 2.48 bits per heavy atom. The van der Waals surface area contributed by atoms with Crippen LogP contribution in [0.3, 0.4) is 0 Å². The van der Waals surface area contributed by atoms with E-state index in [4.69, 9.17) is 0 Å². The van der Waals surface area contributed by atoms with Gasteiger partial charge in [0.15, 0.2) is 0 Å².